The number of rotatable bonds is 6. The van der Waals surface area contributed by atoms with Crippen molar-refractivity contribution in [2.24, 2.45) is 0 Å². The van der Waals surface area contributed by atoms with Crippen LogP contribution < -0.4 is 0 Å². The van der Waals surface area contributed by atoms with Crippen molar-refractivity contribution in [1.82, 2.24) is 15.0 Å². The van der Waals surface area contributed by atoms with Gasteiger partial charge in [0.05, 0.1) is 5.41 Å². The molecule has 0 saturated heterocycles. The van der Waals surface area contributed by atoms with E-state index in [1.807, 2.05) is 30.3 Å². The van der Waals surface area contributed by atoms with E-state index in [1.165, 1.54) is 33.4 Å². The van der Waals surface area contributed by atoms with E-state index in [-0.39, 0.29) is 5.41 Å². The molecule has 2 heterocycles. The quantitative estimate of drug-likeness (QED) is 0.169. The van der Waals surface area contributed by atoms with E-state index in [0.29, 0.717) is 17.5 Å². The summed E-state index contributed by atoms with van der Waals surface area (Å²) in [5.74, 6) is 1.80. The molecule has 0 N–H and O–H groups in total. The van der Waals surface area contributed by atoms with Crippen molar-refractivity contribution < 1.29 is 4.42 Å². The molecule has 0 atom stereocenters. The van der Waals surface area contributed by atoms with Crippen LogP contribution in [0.5, 0.6) is 0 Å². The summed E-state index contributed by atoms with van der Waals surface area (Å²) in [4.78, 5) is 15.9. The van der Waals surface area contributed by atoms with Crippen molar-refractivity contribution in [3.63, 3.8) is 0 Å². The van der Waals surface area contributed by atoms with Gasteiger partial charge in [0.2, 0.25) is 0 Å². The molecule has 8 aromatic carbocycles. The Hall–Kier alpha value is -7.43. The molecule has 286 valence electrons. The lowest BCUT2D eigenvalue weighted by Crippen LogP contribution is -2.28. The van der Waals surface area contributed by atoms with Crippen molar-refractivity contribution in [1.29, 1.82) is 0 Å². The average Bonchev–Trinajstić information content (AvgIpc) is 3.83. The van der Waals surface area contributed by atoms with Crippen LogP contribution in [0.1, 0.15) is 48.6 Å². The molecule has 60 heavy (non-hydrogen) atoms. The van der Waals surface area contributed by atoms with Crippen LogP contribution in [0.25, 0.3) is 78.4 Å². The minimum Gasteiger partial charge on any atom is -0.456 e. The molecule has 0 amide bonds. The van der Waals surface area contributed by atoms with Gasteiger partial charge in [-0.05, 0) is 79.8 Å². The lowest BCUT2D eigenvalue weighted by molar-refractivity contribution is 0.590. The lowest BCUT2D eigenvalue weighted by Gasteiger charge is -2.34. The smallest absolute Gasteiger partial charge is 0.164 e. The summed E-state index contributed by atoms with van der Waals surface area (Å²) in [7, 11) is 0. The molecule has 4 nitrogen and oxygen atoms in total. The SMILES string of the molecule is CC(C)(C)c1ccc(-c2cc(-c3nc(-c4ccccc4)nc(-c4cccc(C5(c6ccccc6)c6ccccc6-c6ccccc65)c4)n3)c3c(c2)oc2ccccc23)cc1. The Morgan fingerprint density at radius 1 is 0.400 bits per heavy atom. The van der Waals surface area contributed by atoms with Gasteiger partial charge in [-0.2, -0.15) is 0 Å². The largest absolute Gasteiger partial charge is 0.456 e. The van der Waals surface area contributed by atoms with Gasteiger partial charge >= 0.3 is 0 Å². The van der Waals surface area contributed by atoms with Crippen molar-refractivity contribution in [2.75, 3.05) is 0 Å². The number of hydrogen-bond donors (Lipinski definition) is 0. The number of nitrogens with zero attached hydrogens (tertiary/aromatic N) is 3. The Kier molecular flexibility index (Phi) is 8.25. The minimum atomic E-state index is -0.554. The monoisotopic (exact) mass is 771 g/mol. The molecule has 11 rings (SSSR count). The van der Waals surface area contributed by atoms with E-state index in [2.05, 4.69) is 185 Å². The molecule has 0 aliphatic heterocycles. The van der Waals surface area contributed by atoms with Gasteiger partial charge in [-0.25, -0.2) is 15.0 Å². The molecule has 0 radical (unpaired) electrons. The fourth-order valence-corrected chi connectivity index (χ4v) is 9.31. The van der Waals surface area contributed by atoms with E-state index in [1.54, 1.807) is 0 Å². The first kappa shape index (κ1) is 35.7. The first-order valence-electron chi connectivity index (χ1n) is 20.6. The molecule has 0 saturated carbocycles. The van der Waals surface area contributed by atoms with Crippen molar-refractivity contribution in [3.05, 3.63) is 222 Å². The summed E-state index contributed by atoms with van der Waals surface area (Å²) in [5.41, 5.74) is 14.6. The molecule has 4 heteroatoms. The molecular weight excluding hydrogens is 731 g/mol. The third kappa shape index (κ3) is 5.71. The van der Waals surface area contributed by atoms with Crippen LogP contribution in [-0.2, 0) is 10.8 Å². The third-order valence-electron chi connectivity index (χ3n) is 12.2. The van der Waals surface area contributed by atoms with Gasteiger partial charge in [0, 0.05) is 27.5 Å². The molecule has 1 aliphatic rings. The predicted octanol–water partition coefficient (Wildman–Crippen LogP) is 14.1. The number of hydrogen-bond acceptors (Lipinski definition) is 4. The molecule has 0 spiro atoms. The summed E-state index contributed by atoms with van der Waals surface area (Å²) < 4.78 is 6.60. The summed E-state index contributed by atoms with van der Waals surface area (Å²) in [5, 5.41) is 2.00. The Morgan fingerprint density at radius 3 is 1.67 bits per heavy atom. The van der Waals surface area contributed by atoms with E-state index in [0.717, 1.165) is 55.3 Å². The number of furan rings is 1. The first-order valence-corrected chi connectivity index (χ1v) is 20.6. The highest BCUT2D eigenvalue weighted by Gasteiger charge is 2.46. The fourth-order valence-electron chi connectivity index (χ4n) is 9.31. The Bertz CT molecular complexity index is 3190. The fraction of sp³-hybridized carbons (Fsp3) is 0.0893. The topological polar surface area (TPSA) is 51.8 Å². The van der Waals surface area contributed by atoms with Crippen LogP contribution in [0, 0.1) is 0 Å². The normalized spacial score (nSPS) is 13.1. The standard InChI is InChI=1S/C56H41N3O/c1-55(2,3)40-31-29-36(30-32-40)39-34-46(51-45-25-12-15-28-49(45)60-50(51)35-39)54-58-52(37-17-6-4-7-18-37)57-53(59-54)38-19-16-22-42(33-38)56(41-20-8-5-9-21-41)47-26-13-10-23-43(47)44-24-11-14-27-48(44)56/h4-35H,1-3H3. The molecular formula is C56H41N3O. The van der Waals surface area contributed by atoms with Crippen molar-refractivity contribution in [3.8, 4) is 56.4 Å². The highest BCUT2D eigenvalue weighted by Crippen LogP contribution is 2.56. The molecule has 10 aromatic rings. The lowest BCUT2D eigenvalue weighted by atomic mass is 9.67. The highest BCUT2D eigenvalue weighted by atomic mass is 16.3. The van der Waals surface area contributed by atoms with Crippen LogP contribution in [-0.4, -0.2) is 15.0 Å². The Balaban J connectivity index is 1.16. The maximum atomic E-state index is 6.60. The predicted molar refractivity (Wildman–Crippen MR) is 245 cm³/mol. The minimum absolute atomic E-state index is 0.0457. The number of fused-ring (bicyclic) bond motifs is 6. The zero-order valence-corrected chi connectivity index (χ0v) is 33.7. The van der Waals surface area contributed by atoms with Gasteiger partial charge in [0.25, 0.3) is 0 Å². The second-order valence-electron chi connectivity index (χ2n) is 16.8. The summed E-state index contributed by atoms with van der Waals surface area (Å²) in [6.07, 6.45) is 0. The molecule has 0 fully saturated rings. The van der Waals surface area contributed by atoms with Gasteiger partial charge in [-0.15, -0.1) is 0 Å². The molecule has 2 aromatic heterocycles. The van der Waals surface area contributed by atoms with Crippen LogP contribution in [0.3, 0.4) is 0 Å². The van der Waals surface area contributed by atoms with Crippen LogP contribution in [0.4, 0.5) is 0 Å². The summed E-state index contributed by atoms with van der Waals surface area (Å²) in [6.45, 7) is 6.73. The number of para-hydroxylation sites is 1. The van der Waals surface area contributed by atoms with Gasteiger partial charge in [-0.3, -0.25) is 0 Å². The highest BCUT2D eigenvalue weighted by molar-refractivity contribution is 6.13. The molecule has 0 bridgehead atoms. The Morgan fingerprint density at radius 2 is 0.967 bits per heavy atom. The average molecular weight is 772 g/mol. The van der Waals surface area contributed by atoms with E-state index < -0.39 is 5.41 Å². The van der Waals surface area contributed by atoms with Crippen LogP contribution in [0.15, 0.2) is 199 Å². The van der Waals surface area contributed by atoms with Gasteiger partial charge in [0.1, 0.15) is 11.2 Å². The van der Waals surface area contributed by atoms with E-state index in [9.17, 15) is 0 Å². The second kappa shape index (κ2) is 13.9. The zero-order valence-electron chi connectivity index (χ0n) is 33.7. The number of aromatic nitrogens is 3. The molecule has 0 unspecified atom stereocenters. The van der Waals surface area contributed by atoms with E-state index in [4.69, 9.17) is 19.4 Å². The van der Waals surface area contributed by atoms with Crippen molar-refractivity contribution >= 4 is 21.9 Å². The van der Waals surface area contributed by atoms with E-state index >= 15 is 0 Å². The maximum Gasteiger partial charge on any atom is 0.164 e. The second-order valence-corrected chi connectivity index (χ2v) is 16.8. The van der Waals surface area contributed by atoms with Gasteiger partial charge < -0.3 is 4.42 Å². The summed E-state index contributed by atoms with van der Waals surface area (Å²) in [6, 6.07) is 69.0. The number of benzene rings is 8. The van der Waals surface area contributed by atoms with Crippen LogP contribution in [0.2, 0.25) is 0 Å². The first-order chi connectivity index (χ1) is 29.4. The van der Waals surface area contributed by atoms with Gasteiger partial charge in [-0.1, -0.05) is 191 Å². The zero-order chi connectivity index (χ0) is 40.4. The van der Waals surface area contributed by atoms with Crippen LogP contribution >= 0.6 is 0 Å². The molecule has 1 aliphatic carbocycles. The maximum absolute atomic E-state index is 6.60. The summed E-state index contributed by atoms with van der Waals surface area (Å²) >= 11 is 0. The Labute approximate surface area is 349 Å². The third-order valence-corrected chi connectivity index (χ3v) is 12.2. The van der Waals surface area contributed by atoms with Gasteiger partial charge in [0.15, 0.2) is 17.5 Å². The van der Waals surface area contributed by atoms with Crippen molar-refractivity contribution in [2.45, 2.75) is 31.6 Å².